The summed E-state index contributed by atoms with van der Waals surface area (Å²) in [5, 5.41) is 0. The highest BCUT2D eigenvalue weighted by Gasteiger charge is 2.16. The monoisotopic (exact) mass is 316 g/mol. The van der Waals surface area contributed by atoms with E-state index in [4.69, 9.17) is 0 Å². The van der Waals surface area contributed by atoms with Gasteiger partial charge >= 0.3 is 0 Å². The zero-order valence-electron chi connectivity index (χ0n) is 12.8. The highest BCUT2D eigenvalue weighted by Crippen LogP contribution is 2.23. The quantitative estimate of drug-likeness (QED) is 0.804. The van der Waals surface area contributed by atoms with Crippen LogP contribution in [-0.4, -0.2) is 29.3 Å². The van der Waals surface area contributed by atoms with Crippen molar-refractivity contribution in [1.29, 1.82) is 0 Å². The van der Waals surface area contributed by atoms with Crippen LogP contribution in [0.25, 0.3) is 11.3 Å². The van der Waals surface area contributed by atoms with E-state index in [1.165, 1.54) is 30.7 Å². The number of nitrogens with zero attached hydrogens (tertiary/aromatic N) is 2. The largest absolute Gasteiger partial charge is 0.298 e. The second kappa shape index (κ2) is 6.96. The van der Waals surface area contributed by atoms with Crippen LogP contribution in [0.4, 0.5) is 8.78 Å². The number of halogens is 2. The van der Waals surface area contributed by atoms with E-state index in [1.54, 1.807) is 0 Å². The summed E-state index contributed by atoms with van der Waals surface area (Å²) in [7, 11) is 0. The van der Waals surface area contributed by atoms with Gasteiger partial charge in [-0.05, 0) is 50.2 Å². The molecule has 1 aromatic carbocycles. The molecule has 2 heterocycles. The van der Waals surface area contributed by atoms with Gasteiger partial charge in [-0.1, -0.05) is 12.5 Å². The van der Waals surface area contributed by atoms with Crippen LogP contribution in [0.5, 0.6) is 0 Å². The van der Waals surface area contributed by atoms with E-state index < -0.39 is 5.82 Å². The van der Waals surface area contributed by atoms with Gasteiger partial charge in [0, 0.05) is 17.7 Å². The van der Waals surface area contributed by atoms with Gasteiger partial charge in [0.15, 0.2) is 0 Å². The van der Waals surface area contributed by atoms with Crippen LogP contribution in [0.3, 0.4) is 0 Å². The fourth-order valence-corrected chi connectivity index (χ4v) is 2.89. The summed E-state index contributed by atoms with van der Waals surface area (Å²) < 4.78 is 28.1. The SMILES string of the molecule is O=Cc1ccc(-c2ccc(F)c(CN3CCCCC3)n2)c(F)c1. The number of hydrogen-bond acceptors (Lipinski definition) is 3. The fraction of sp³-hybridized carbons (Fsp3) is 0.333. The molecule has 1 aliphatic rings. The Labute approximate surface area is 134 Å². The van der Waals surface area contributed by atoms with Crippen LogP contribution in [0.2, 0.25) is 0 Å². The van der Waals surface area contributed by atoms with Crippen molar-refractivity contribution in [2.24, 2.45) is 0 Å². The van der Waals surface area contributed by atoms with Crippen molar-refractivity contribution in [2.75, 3.05) is 13.1 Å². The molecule has 1 fully saturated rings. The molecule has 1 aliphatic heterocycles. The Morgan fingerprint density at radius 1 is 1.04 bits per heavy atom. The van der Waals surface area contributed by atoms with E-state index in [2.05, 4.69) is 9.88 Å². The van der Waals surface area contributed by atoms with E-state index in [9.17, 15) is 13.6 Å². The number of pyridine rings is 1. The summed E-state index contributed by atoms with van der Waals surface area (Å²) in [6.45, 7) is 2.31. The lowest BCUT2D eigenvalue weighted by Crippen LogP contribution is -2.29. The van der Waals surface area contributed by atoms with Crippen LogP contribution in [0, 0.1) is 11.6 Å². The number of carbonyl (C=O) groups excluding carboxylic acids is 1. The minimum atomic E-state index is -0.530. The van der Waals surface area contributed by atoms with Gasteiger partial charge in [0.05, 0.1) is 11.4 Å². The third-order valence-electron chi connectivity index (χ3n) is 4.15. The van der Waals surface area contributed by atoms with E-state index in [-0.39, 0.29) is 16.9 Å². The molecule has 1 saturated heterocycles. The van der Waals surface area contributed by atoms with Crippen molar-refractivity contribution in [1.82, 2.24) is 9.88 Å². The number of benzene rings is 1. The Hall–Kier alpha value is -2.14. The number of likely N-dealkylation sites (tertiary alicyclic amines) is 1. The second-order valence-electron chi connectivity index (χ2n) is 5.82. The molecule has 5 heteroatoms. The molecule has 0 N–H and O–H groups in total. The molecule has 2 aromatic rings. The van der Waals surface area contributed by atoms with Gasteiger partial charge in [-0.25, -0.2) is 13.8 Å². The van der Waals surface area contributed by atoms with Crippen LogP contribution < -0.4 is 0 Å². The van der Waals surface area contributed by atoms with E-state index in [0.29, 0.717) is 24.2 Å². The van der Waals surface area contributed by atoms with Crippen LogP contribution >= 0.6 is 0 Å². The average molecular weight is 316 g/mol. The summed E-state index contributed by atoms with van der Waals surface area (Å²) in [6, 6.07) is 6.99. The third-order valence-corrected chi connectivity index (χ3v) is 4.15. The predicted molar refractivity (Wildman–Crippen MR) is 84.1 cm³/mol. The standard InChI is InChI=1S/C18H18F2N2O/c19-15-6-7-17(14-5-4-13(12-23)10-16(14)20)21-18(15)11-22-8-2-1-3-9-22/h4-7,10,12H,1-3,8-9,11H2. The Balaban J connectivity index is 1.88. The number of piperidine rings is 1. The van der Waals surface area contributed by atoms with Gasteiger partial charge < -0.3 is 0 Å². The minimum Gasteiger partial charge on any atom is -0.298 e. The van der Waals surface area contributed by atoms with Gasteiger partial charge in [-0.15, -0.1) is 0 Å². The first-order valence-electron chi connectivity index (χ1n) is 7.80. The molecule has 3 nitrogen and oxygen atoms in total. The van der Waals surface area contributed by atoms with Gasteiger partial charge in [0.25, 0.3) is 0 Å². The Kier molecular flexibility index (Phi) is 4.76. The number of aldehydes is 1. The molecular formula is C18H18F2N2O. The maximum absolute atomic E-state index is 14.1. The van der Waals surface area contributed by atoms with Crippen LogP contribution in [0.1, 0.15) is 35.3 Å². The summed E-state index contributed by atoms with van der Waals surface area (Å²) in [4.78, 5) is 17.2. The molecule has 23 heavy (non-hydrogen) atoms. The van der Waals surface area contributed by atoms with Crippen molar-refractivity contribution in [3.8, 4) is 11.3 Å². The topological polar surface area (TPSA) is 33.2 Å². The number of aromatic nitrogens is 1. The van der Waals surface area contributed by atoms with Crippen LogP contribution in [0.15, 0.2) is 30.3 Å². The smallest absolute Gasteiger partial charge is 0.150 e. The average Bonchev–Trinajstić information content (AvgIpc) is 2.58. The van der Waals surface area contributed by atoms with E-state index in [1.807, 2.05) is 0 Å². The molecule has 0 saturated carbocycles. The lowest BCUT2D eigenvalue weighted by atomic mass is 10.1. The lowest BCUT2D eigenvalue weighted by Gasteiger charge is -2.26. The third kappa shape index (κ3) is 3.62. The predicted octanol–water partition coefficient (Wildman–Crippen LogP) is 3.83. The fourth-order valence-electron chi connectivity index (χ4n) is 2.89. The van der Waals surface area contributed by atoms with Crippen molar-refractivity contribution in [2.45, 2.75) is 25.8 Å². The molecule has 0 atom stereocenters. The Morgan fingerprint density at radius 3 is 2.52 bits per heavy atom. The molecule has 120 valence electrons. The first-order valence-corrected chi connectivity index (χ1v) is 7.80. The Bertz CT molecular complexity index is 712. The molecule has 3 rings (SSSR count). The molecule has 1 aromatic heterocycles. The highest BCUT2D eigenvalue weighted by atomic mass is 19.1. The van der Waals surface area contributed by atoms with Gasteiger partial charge in [0.1, 0.15) is 17.9 Å². The first-order chi connectivity index (χ1) is 11.2. The van der Waals surface area contributed by atoms with E-state index in [0.717, 1.165) is 32.0 Å². The minimum absolute atomic E-state index is 0.266. The number of carbonyl (C=O) groups is 1. The molecular weight excluding hydrogens is 298 g/mol. The maximum Gasteiger partial charge on any atom is 0.150 e. The number of hydrogen-bond donors (Lipinski definition) is 0. The summed E-state index contributed by atoms with van der Waals surface area (Å²) in [5.74, 6) is -0.901. The molecule has 0 aliphatic carbocycles. The molecule has 0 amide bonds. The van der Waals surface area contributed by atoms with Crippen molar-refractivity contribution in [3.05, 3.63) is 53.2 Å². The summed E-state index contributed by atoms with van der Waals surface area (Å²) in [6.07, 6.45) is 4.03. The van der Waals surface area contributed by atoms with Crippen LogP contribution in [-0.2, 0) is 6.54 Å². The summed E-state index contributed by atoms with van der Waals surface area (Å²) in [5.41, 5.74) is 1.26. The zero-order chi connectivity index (χ0) is 16.2. The number of rotatable bonds is 4. The van der Waals surface area contributed by atoms with Gasteiger partial charge in [0.2, 0.25) is 0 Å². The molecule has 0 spiro atoms. The highest BCUT2D eigenvalue weighted by molar-refractivity contribution is 5.76. The molecule has 0 bridgehead atoms. The van der Waals surface area contributed by atoms with Crippen molar-refractivity contribution < 1.29 is 13.6 Å². The lowest BCUT2D eigenvalue weighted by molar-refractivity contribution is 0.112. The van der Waals surface area contributed by atoms with E-state index >= 15 is 0 Å². The van der Waals surface area contributed by atoms with Gasteiger partial charge in [-0.3, -0.25) is 9.69 Å². The first kappa shape index (κ1) is 15.7. The van der Waals surface area contributed by atoms with Crippen molar-refractivity contribution >= 4 is 6.29 Å². The van der Waals surface area contributed by atoms with Gasteiger partial charge in [-0.2, -0.15) is 0 Å². The summed E-state index contributed by atoms with van der Waals surface area (Å²) >= 11 is 0. The zero-order valence-corrected chi connectivity index (χ0v) is 12.8. The van der Waals surface area contributed by atoms with Crippen molar-refractivity contribution in [3.63, 3.8) is 0 Å². The maximum atomic E-state index is 14.1. The normalized spacial score (nSPS) is 15.6. The molecule has 0 unspecified atom stereocenters. The Morgan fingerprint density at radius 2 is 1.83 bits per heavy atom. The second-order valence-corrected chi connectivity index (χ2v) is 5.82. The molecule has 0 radical (unpaired) electrons.